The molecule has 1 N–H and O–H groups in total. The quantitative estimate of drug-likeness (QED) is 0.697. The van der Waals surface area contributed by atoms with Gasteiger partial charge in [0, 0.05) is 30.3 Å². The lowest BCUT2D eigenvalue weighted by Crippen LogP contribution is -2.66. The third-order valence-electron chi connectivity index (χ3n) is 6.26. The second kappa shape index (κ2) is 5.43. The first-order valence-corrected chi connectivity index (χ1v) is 8.61. The summed E-state index contributed by atoms with van der Waals surface area (Å²) in [5.41, 5.74) is 1.99. The summed E-state index contributed by atoms with van der Waals surface area (Å²) in [6.45, 7) is 6.30. The van der Waals surface area contributed by atoms with Gasteiger partial charge in [0.25, 0.3) is 0 Å². The van der Waals surface area contributed by atoms with E-state index in [4.69, 9.17) is 0 Å². The second-order valence-corrected chi connectivity index (χ2v) is 7.50. The van der Waals surface area contributed by atoms with Crippen LogP contribution in [0.1, 0.15) is 24.5 Å². The van der Waals surface area contributed by atoms with E-state index < -0.39 is 6.10 Å². The maximum Gasteiger partial charge on any atom is 0.131 e. The zero-order valence-electron chi connectivity index (χ0n) is 13.7. The first-order valence-electron chi connectivity index (χ1n) is 8.61. The van der Waals surface area contributed by atoms with Gasteiger partial charge in [-0.05, 0) is 23.6 Å². The molecule has 0 radical (unpaired) electrons. The van der Waals surface area contributed by atoms with Gasteiger partial charge in [-0.15, -0.1) is 6.58 Å². The number of nitrogens with zero attached hydrogens (tertiary/aromatic N) is 2. The highest BCUT2D eigenvalue weighted by atomic mass is 16.3. The maximum atomic E-state index is 11.2. The maximum absolute atomic E-state index is 11.2. The molecule has 3 heteroatoms. The van der Waals surface area contributed by atoms with E-state index in [-0.39, 0.29) is 6.04 Å². The van der Waals surface area contributed by atoms with Crippen molar-refractivity contribution in [2.24, 2.45) is 11.8 Å². The van der Waals surface area contributed by atoms with Crippen LogP contribution in [0.4, 0.5) is 0 Å². The fourth-order valence-electron chi connectivity index (χ4n) is 4.88. The van der Waals surface area contributed by atoms with Crippen LogP contribution in [0.15, 0.2) is 49.2 Å². The molecule has 0 spiro atoms. The minimum absolute atomic E-state index is 0.274. The van der Waals surface area contributed by atoms with Crippen molar-refractivity contribution in [3.63, 3.8) is 0 Å². The molecule has 4 heterocycles. The summed E-state index contributed by atoms with van der Waals surface area (Å²) in [6.07, 6.45) is 5.87. The zero-order valence-corrected chi connectivity index (χ0v) is 13.7. The van der Waals surface area contributed by atoms with Crippen LogP contribution in [0.2, 0.25) is 0 Å². The summed E-state index contributed by atoms with van der Waals surface area (Å²) in [7, 11) is 2.31. The number of para-hydroxylation sites is 1. The van der Waals surface area contributed by atoms with Crippen molar-refractivity contribution in [3.8, 4) is 0 Å². The topological polar surface area (TPSA) is 33.1 Å². The molecule has 3 fully saturated rings. The number of pyridine rings is 1. The highest BCUT2D eigenvalue weighted by Gasteiger charge is 2.51. The molecule has 3 nitrogen and oxygen atoms in total. The fraction of sp³-hybridized carbons (Fsp3) is 0.450. The summed E-state index contributed by atoms with van der Waals surface area (Å²) < 4.78 is 0.963. The van der Waals surface area contributed by atoms with Gasteiger partial charge in [0.05, 0.1) is 25.7 Å². The molecule has 23 heavy (non-hydrogen) atoms. The molecule has 2 aromatic rings. The lowest BCUT2D eigenvalue weighted by molar-refractivity contribution is -0.956. The van der Waals surface area contributed by atoms with Gasteiger partial charge in [-0.2, -0.15) is 0 Å². The predicted octanol–water partition coefficient (Wildman–Crippen LogP) is 3.31. The molecule has 1 aromatic carbocycles. The average Bonchev–Trinajstić information content (AvgIpc) is 2.60. The smallest absolute Gasteiger partial charge is 0.131 e. The van der Waals surface area contributed by atoms with Gasteiger partial charge in [-0.25, -0.2) is 0 Å². The van der Waals surface area contributed by atoms with Crippen LogP contribution in [0.3, 0.4) is 0 Å². The number of quaternary nitrogens is 1. The Morgan fingerprint density at radius 3 is 2.96 bits per heavy atom. The molecule has 3 aliphatic heterocycles. The third kappa shape index (κ3) is 2.30. The molecule has 1 aromatic heterocycles. The highest BCUT2D eigenvalue weighted by Crippen LogP contribution is 2.45. The van der Waals surface area contributed by atoms with Crippen LogP contribution in [-0.2, 0) is 0 Å². The van der Waals surface area contributed by atoms with Crippen LogP contribution in [0.25, 0.3) is 10.9 Å². The van der Waals surface area contributed by atoms with E-state index in [2.05, 4.69) is 30.8 Å². The summed E-state index contributed by atoms with van der Waals surface area (Å²) >= 11 is 0. The number of aromatic nitrogens is 1. The monoisotopic (exact) mass is 309 g/mol. The van der Waals surface area contributed by atoms with E-state index in [1.165, 1.54) is 13.0 Å². The van der Waals surface area contributed by atoms with Gasteiger partial charge in [-0.1, -0.05) is 24.3 Å². The summed E-state index contributed by atoms with van der Waals surface area (Å²) in [4.78, 5) is 4.43. The normalized spacial score (nSPS) is 34.4. The Labute approximate surface area is 137 Å². The van der Waals surface area contributed by atoms with Crippen molar-refractivity contribution in [1.82, 2.24) is 4.98 Å². The Balaban J connectivity index is 1.72. The molecule has 120 valence electrons. The molecule has 3 unspecified atom stereocenters. The van der Waals surface area contributed by atoms with Crippen LogP contribution < -0.4 is 0 Å². The van der Waals surface area contributed by atoms with E-state index in [1.54, 1.807) is 0 Å². The molecular formula is C20H25N2O+. The summed E-state index contributed by atoms with van der Waals surface area (Å²) in [5, 5.41) is 12.3. The molecule has 3 aliphatic rings. The SMILES string of the molecule is C=CC1C[N+]2(C)CCC1C[C@H]2[C@H](O)c1ccnc2ccccc12. The molecule has 0 aliphatic carbocycles. The van der Waals surface area contributed by atoms with Crippen molar-refractivity contribution in [2.45, 2.75) is 25.0 Å². The van der Waals surface area contributed by atoms with Crippen molar-refractivity contribution >= 4 is 10.9 Å². The largest absolute Gasteiger partial charge is 0.382 e. The number of hydrogen-bond donors (Lipinski definition) is 1. The lowest BCUT2D eigenvalue weighted by Gasteiger charge is -2.56. The predicted molar refractivity (Wildman–Crippen MR) is 92.8 cm³/mol. The van der Waals surface area contributed by atoms with Gasteiger partial charge >= 0.3 is 0 Å². The Morgan fingerprint density at radius 2 is 2.17 bits per heavy atom. The second-order valence-electron chi connectivity index (χ2n) is 7.50. The highest BCUT2D eigenvalue weighted by molar-refractivity contribution is 5.82. The lowest BCUT2D eigenvalue weighted by atomic mass is 9.72. The number of benzene rings is 1. The number of piperidine rings is 3. The van der Waals surface area contributed by atoms with Gasteiger partial charge in [0.2, 0.25) is 0 Å². The van der Waals surface area contributed by atoms with E-state index in [9.17, 15) is 5.11 Å². The number of fused-ring (bicyclic) bond motifs is 4. The number of likely N-dealkylation sites (N-methyl/N-ethyl adjacent to an activating group) is 1. The molecule has 2 bridgehead atoms. The molecule has 3 saturated heterocycles. The standard InChI is InChI=1S/C20H25N2O/c1-3-14-13-22(2)11-9-15(14)12-19(22)20(23)17-8-10-21-18-7-5-4-6-16(17)18/h3-8,10,14-15,19-20,23H,1,9,11-13H2,2H3/q+1/t14?,15?,19-,20+,22?/m0/s1. The van der Waals surface area contributed by atoms with Gasteiger partial charge in [0.1, 0.15) is 12.1 Å². The number of aliphatic hydroxyl groups is 1. The average molecular weight is 309 g/mol. The molecule has 5 atom stereocenters. The summed E-state index contributed by atoms with van der Waals surface area (Å²) in [6, 6.07) is 10.4. The van der Waals surface area contributed by atoms with Crippen LogP contribution in [0.5, 0.6) is 0 Å². The van der Waals surface area contributed by atoms with Crippen molar-refractivity contribution in [1.29, 1.82) is 0 Å². The first kappa shape index (κ1) is 14.9. The Hall–Kier alpha value is -1.71. The minimum Gasteiger partial charge on any atom is -0.382 e. The first-order chi connectivity index (χ1) is 11.1. The van der Waals surface area contributed by atoms with E-state index in [0.717, 1.165) is 33.9 Å². The van der Waals surface area contributed by atoms with Gasteiger partial charge in [0.15, 0.2) is 0 Å². The Kier molecular flexibility index (Phi) is 3.51. The van der Waals surface area contributed by atoms with E-state index >= 15 is 0 Å². The summed E-state index contributed by atoms with van der Waals surface area (Å²) in [5.74, 6) is 1.28. The van der Waals surface area contributed by atoms with Gasteiger partial charge in [-0.3, -0.25) is 4.98 Å². The molecular weight excluding hydrogens is 284 g/mol. The van der Waals surface area contributed by atoms with E-state index in [1.807, 2.05) is 30.5 Å². The van der Waals surface area contributed by atoms with Crippen LogP contribution in [-0.4, -0.2) is 40.8 Å². The van der Waals surface area contributed by atoms with Crippen molar-refractivity contribution in [2.75, 3.05) is 20.1 Å². The third-order valence-corrected chi connectivity index (χ3v) is 6.26. The molecule has 0 saturated carbocycles. The Bertz CT molecular complexity index is 738. The number of rotatable bonds is 3. The van der Waals surface area contributed by atoms with Crippen LogP contribution >= 0.6 is 0 Å². The van der Waals surface area contributed by atoms with Crippen molar-refractivity contribution < 1.29 is 9.59 Å². The number of aliphatic hydroxyl groups excluding tert-OH is 1. The Morgan fingerprint density at radius 1 is 1.35 bits per heavy atom. The minimum atomic E-state index is -0.429. The molecule has 5 rings (SSSR count). The van der Waals surface area contributed by atoms with E-state index in [0.29, 0.717) is 11.8 Å². The fourth-order valence-corrected chi connectivity index (χ4v) is 4.88. The van der Waals surface area contributed by atoms with Crippen LogP contribution in [0, 0.1) is 11.8 Å². The molecule has 0 amide bonds. The zero-order chi connectivity index (χ0) is 16.0. The van der Waals surface area contributed by atoms with Gasteiger partial charge < -0.3 is 9.59 Å². The number of hydrogen-bond acceptors (Lipinski definition) is 2. The van der Waals surface area contributed by atoms with Crippen molar-refractivity contribution in [3.05, 3.63) is 54.7 Å².